The van der Waals surface area contributed by atoms with Crippen LogP contribution in [0.4, 0.5) is 5.69 Å². The monoisotopic (exact) mass is 264 g/mol. The molecule has 104 valence electrons. The van der Waals surface area contributed by atoms with Crippen molar-refractivity contribution in [3.8, 4) is 0 Å². The summed E-state index contributed by atoms with van der Waals surface area (Å²) >= 11 is 0. The van der Waals surface area contributed by atoms with E-state index in [-0.39, 0.29) is 16.7 Å². The molecule has 0 radical (unpaired) electrons. The molecule has 1 aromatic carbocycles. The molecule has 1 heterocycles. The summed E-state index contributed by atoms with van der Waals surface area (Å²) in [5, 5.41) is 20.4. The van der Waals surface area contributed by atoms with Gasteiger partial charge in [0.2, 0.25) is 0 Å². The van der Waals surface area contributed by atoms with Crippen molar-refractivity contribution in [3.05, 3.63) is 39.9 Å². The second-order valence-corrected chi connectivity index (χ2v) is 5.18. The third-order valence-corrected chi connectivity index (χ3v) is 3.86. The van der Waals surface area contributed by atoms with Gasteiger partial charge in [0, 0.05) is 31.8 Å². The Morgan fingerprint density at radius 2 is 2.11 bits per heavy atom. The van der Waals surface area contributed by atoms with Crippen molar-refractivity contribution in [3.63, 3.8) is 0 Å². The number of nitrogens with zero attached hydrogens (tertiary/aromatic N) is 2. The SMILES string of the molecule is CCC1CN(Cc2ccc([N+](=O)[O-])cc2)CCC1O. The molecule has 1 N–H and O–H groups in total. The molecule has 0 aromatic heterocycles. The smallest absolute Gasteiger partial charge is 0.269 e. The molecule has 5 heteroatoms. The zero-order chi connectivity index (χ0) is 13.8. The minimum Gasteiger partial charge on any atom is -0.393 e. The fraction of sp³-hybridized carbons (Fsp3) is 0.571. The first-order valence-corrected chi connectivity index (χ1v) is 6.74. The van der Waals surface area contributed by atoms with Crippen LogP contribution in [0, 0.1) is 16.0 Å². The standard InChI is InChI=1S/C14H20N2O3/c1-2-12-10-15(8-7-14(12)17)9-11-3-5-13(6-4-11)16(18)19/h3-6,12,14,17H,2,7-10H2,1H3. The number of benzene rings is 1. The van der Waals surface area contributed by atoms with Crippen molar-refractivity contribution in [2.75, 3.05) is 13.1 Å². The van der Waals surface area contributed by atoms with Gasteiger partial charge in [-0.3, -0.25) is 15.0 Å². The first-order chi connectivity index (χ1) is 9.10. The Labute approximate surface area is 113 Å². The van der Waals surface area contributed by atoms with Crippen LogP contribution in [0.5, 0.6) is 0 Å². The van der Waals surface area contributed by atoms with E-state index < -0.39 is 0 Å². The van der Waals surface area contributed by atoms with E-state index in [4.69, 9.17) is 0 Å². The van der Waals surface area contributed by atoms with Gasteiger partial charge in [0.25, 0.3) is 5.69 Å². The van der Waals surface area contributed by atoms with Crippen molar-refractivity contribution in [1.82, 2.24) is 4.90 Å². The molecule has 0 spiro atoms. The van der Waals surface area contributed by atoms with Gasteiger partial charge >= 0.3 is 0 Å². The highest BCUT2D eigenvalue weighted by Gasteiger charge is 2.26. The molecule has 1 aliphatic heterocycles. The van der Waals surface area contributed by atoms with Gasteiger partial charge in [0.15, 0.2) is 0 Å². The van der Waals surface area contributed by atoms with Gasteiger partial charge in [0.1, 0.15) is 0 Å². The molecule has 1 saturated heterocycles. The Morgan fingerprint density at radius 3 is 2.68 bits per heavy atom. The fourth-order valence-corrected chi connectivity index (χ4v) is 2.62. The molecule has 1 aromatic rings. The highest BCUT2D eigenvalue weighted by molar-refractivity contribution is 5.32. The van der Waals surface area contributed by atoms with E-state index in [2.05, 4.69) is 11.8 Å². The fourth-order valence-electron chi connectivity index (χ4n) is 2.62. The van der Waals surface area contributed by atoms with E-state index in [1.807, 2.05) is 12.1 Å². The van der Waals surface area contributed by atoms with Crippen LogP contribution in [-0.2, 0) is 6.54 Å². The van der Waals surface area contributed by atoms with Crippen LogP contribution in [0.2, 0.25) is 0 Å². The van der Waals surface area contributed by atoms with Gasteiger partial charge in [-0.1, -0.05) is 19.1 Å². The maximum Gasteiger partial charge on any atom is 0.269 e. The second-order valence-electron chi connectivity index (χ2n) is 5.18. The van der Waals surface area contributed by atoms with Crippen LogP contribution in [0.25, 0.3) is 0 Å². The van der Waals surface area contributed by atoms with Crippen LogP contribution in [-0.4, -0.2) is 34.1 Å². The Balaban J connectivity index is 1.95. The first kappa shape index (κ1) is 14.0. The van der Waals surface area contributed by atoms with E-state index >= 15 is 0 Å². The van der Waals surface area contributed by atoms with Crippen LogP contribution in [0.3, 0.4) is 0 Å². The molecule has 0 amide bonds. The number of likely N-dealkylation sites (tertiary alicyclic amines) is 1. The summed E-state index contributed by atoms with van der Waals surface area (Å²) in [5.74, 6) is 0.340. The van der Waals surface area contributed by atoms with E-state index in [9.17, 15) is 15.2 Å². The third-order valence-electron chi connectivity index (χ3n) is 3.86. The lowest BCUT2D eigenvalue weighted by Gasteiger charge is -2.35. The lowest BCUT2D eigenvalue weighted by atomic mass is 9.92. The van der Waals surface area contributed by atoms with Gasteiger partial charge in [-0.2, -0.15) is 0 Å². The molecule has 2 atom stereocenters. The van der Waals surface area contributed by atoms with Crippen molar-refractivity contribution < 1.29 is 10.0 Å². The van der Waals surface area contributed by atoms with E-state index in [0.29, 0.717) is 5.92 Å². The average molecular weight is 264 g/mol. The second kappa shape index (κ2) is 6.12. The normalized spacial score (nSPS) is 24.3. The molecule has 5 nitrogen and oxygen atoms in total. The van der Waals surface area contributed by atoms with Crippen LogP contribution in [0.15, 0.2) is 24.3 Å². The van der Waals surface area contributed by atoms with Crippen LogP contribution in [0.1, 0.15) is 25.3 Å². The lowest BCUT2D eigenvalue weighted by molar-refractivity contribution is -0.384. The Bertz CT molecular complexity index is 433. The number of non-ortho nitro benzene ring substituents is 1. The molecule has 0 bridgehead atoms. The summed E-state index contributed by atoms with van der Waals surface area (Å²) in [7, 11) is 0. The van der Waals surface area contributed by atoms with Gasteiger partial charge in [-0.15, -0.1) is 0 Å². The van der Waals surface area contributed by atoms with Crippen LogP contribution < -0.4 is 0 Å². The highest BCUT2D eigenvalue weighted by atomic mass is 16.6. The van der Waals surface area contributed by atoms with Gasteiger partial charge in [-0.25, -0.2) is 0 Å². The summed E-state index contributed by atoms with van der Waals surface area (Å²) in [5.41, 5.74) is 1.21. The Kier molecular flexibility index (Phi) is 4.50. The molecule has 0 saturated carbocycles. The number of piperidine rings is 1. The molecule has 1 fully saturated rings. The van der Waals surface area contributed by atoms with Crippen molar-refractivity contribution >= 4 is 5.69 Å². The number of hydrogen-bond acceptors (Lipinski definition) is 4. The highest BCUT2D eigenvalue weighted by Crippen LogP contribution is 2.22. The first-order valence-electron chi connectivity index (χ1n) is 6.74. The summed E-state index contributed by atoms with van der Waals surface area (Å²) in [6, 6.07) is 6.71. The lowest BCUT2D eigenvalue weighted by Crippen LogP contribution is -2.42. The number of nitro groups is 1. The zero-order valence-electron chi connectivity index (χ0n) is 11.2. The Morgan fingerprint density at radius 1 is 1.42 bits per heavy atom. The predicted octanol–water partition coefficient (Wildman–Crippen LogP) is 2.19. The quantitative estimate of drug-likeness (QED) is 0.668. The number of aliphatic hydroxyl groups is 1. The van der Waals surface area contributed by atoms with E-state index in [1.165, 1.54) is 0 Å². The molecule has 0 aliphatic carbocycles. The number of nitro benzene ring substituents is 1. The van der Waals surface area contributed by atoms with Gasteiger partial charge in [-0.05, 0) is 24.3 Å². The topological polar surface area (TPSA) is 66.6 Å². The van der Waals surface area contributed by atoms with E-state index in [0.717, 1.165) is 38.0 Å². The maximum atomic E-state index is 10.6. The van der Waals surface area contributed by atoms with Crippen molar-refractivity contribution in [2.24, 2.45) is 5.92 Å². The largest absolute Gasteiger partial charge is 0.393 e. The number of hydrogen-bond donors (Lipinski definition) is 1. The number of aliphatic hydroxyl groups excluding tert-OH is 1. The predicted molar refractivity (Wildman–Crippen MR) is 72.8 cm³/mol. The van der Waals surface area contributed by atoms with Crippen molar-refractivity contribution in [2.45, 2.75) is 32.4 Å². The maximum absolute atomic E-state index is 10.6. The summed E-state index contributed by atoms with van der Waals surface area (Å²) < 4.78 is 0. The molecular weight excluding hydrogens is 244 g/mol. The average Bonchev–Trinajstić information content (AvgIpc) is 2.41. The zero-order valence-corrected chi connectivity index (χ0v) is 11.2. The molecule has 2 rings (SSSR count). The van der Waals surface area contributed by atoms with Crippen LogP contribution >= 0.6 is 0 Å². The summed E-state index contributed by atoms with van der Waals surface area (Å²) in [4.78, 5) is 12.5. The third kappa shape index (κ3) is 3.52. The molecule has 2 unspecified atom stereocenters. The molecule has 19 heavy (non-hydrogen) atoms. The van der Waals surface area contributed by atoms with Crippen molar-refractivity contribution in [1.29, 1.82) is 0 Å². The summed E-state index contributed by atoms with van der Waals surface area (Å²) in [6.45, 7) is 4.67. The molecular formula is C14H20N2O3. The molecule has 1 aliphatic rings. The minimum atomic E-state index is -0.381. The summed E-state index contributed by atoms with van der Waals surface area (Å²) in [6.07, 6.45) is 1.61. The van der Waals surface area contributed by atoms with Gasteiger partial charge in [0.05, 0.1) is 11.0 Å². The number of rotatable bonds is 4. The minimum absolute atomic E-state index is 0.129. The Hall–Kier alpha value is -1.46. The van der Waals surface area contributed by atoms with Gasteiger partial charge < -0.3 is 5.11 Å². The van der Waals surface area contributed by atoms with E-state index in [1.54, 1.807) is 12.1 Å².